The Bertz CT molecular complexity index is 567. The van der Waals surface area contributed by atoms with Gasteiger partial charge in [-0.1, -0.05) is 18.5 Å². The van der Waals surface area contributed by atoms with Gasteiger partial charge in [-0.05, 0) is 30.2 Å². The molecular formula is C14H12Cl2FNO. The molecule has 2 rings (SSSR count). The molecule has 0 aliphatic heterocycles. The summed E-state index contributed by atoms with van der Waals surface area (Å²) in [5, 5.41) is 0.0155. The standard InChI is InChI=1S/C14H12Cl2FNO/c1-2-10-5-9(8-15)6-14(18-10)19-11-3-4-13(17)12(16)7-11/h3-7H,2,8H2,1H3. The third kappa shape index (κ3) is 3.58. The number of ether oxygens (including phenoxy) is 1. The third-order valence-corrected chi connectivity index (χ3v) is 3.14. The number of nitrogens with zero attached hydrogens (tertiary/aromatic N) is 1. The maximum Gasteiger partial charge on any atom is 0.219 e. The second kappa shape index (κ2) is 6.22. The summed E-state index contributed by atoms with van der Waals surface area (Å²) in [4.78, 5) is 4.33. The van der Waals surface area contributed by atoms with Crippen LogP contribution in [0.3, 0.4) is 0 Å². The van der Waals surface area contributed by atoms with E-state index in [0.717, 1.165) is 17.7 Å². The lowest BCUT2D eigenvalue weighted by molar-refractivity contribution is 0.459. The van der Waals surface area contributed by atoms with Gasteiger partial charge in [0.05, 0.1) is 5.02 Å². The van der Waals surface area contributed by atoms with Crippen LogP contribution in [0.15, 0.2) is 30.3 Å². The highest BCUT2D eigenvalue weighted by Crippen LogP contribution is 2.26. The average molecular weight is 300 g/mol. The second-order valence-electron chi connectivity index (χ2n) is 3.97. The molecule has 0 atom stereocenters. The normalized spacial score (nSPS) is 10.5. The fraction of sp³-hybridized carbons (Fsp3) is 0.214. The molecule has 0 spiro atoms. The highest BCUT2D eigenvalue weighted by atomic mass is 35.5. The summed E-state index contributed by atoms with van der Waals surface area (Å²) < 4.78 is 18.6. The van der Waals surface area contributed by atoms with Crippen LogP contribution in [0.1, 0.15) is 18.2 Å². The molecule has 2 nitrogen and oxygen atoms in total. The van der Waals surface area contributed by atoms with E-state index in [1.54, 1.807) is 6.07 Å². The van der Waals surface area contributed by atoms with Crippen LogP contribution >= 0.6 is 23.2 Å². The summed E-state index contributed by atoms with van der Waals surface area (Å²) in [7, 11) is 0. The van der Waals surface area contributed by atoms with Crippen molar-refractivity contribution in [3.05, 3.63) is 52.4 Å². The minimum atomic E-state index is -0.481. The topological polar surface area (TPSA) is 22.1 Å². The van der Waals surface area contributed by atoms with Crippen molar-refractivity contribution in [2.24, 2.45) is 0 Å². The molecule has 1 aromatic carbocycles. The summed E-state index contributed by atoms with van der Waals surface area (Å²) in [5.41, 5.74) is 1.82. The second-order valence-corrected chi connectivity index (χ2v) is 4.64. The number of hydrogen-bond acceptors (Lipinski definition) is 2. The van der Waals surface area contributed by atoms with E-state index in [-0.39, 0.29) is 5.02 Å². The van der Waals surface area contributed by atoms with Gasteiger partial charge >= 0.3 is 0 Å². The van der Waals surface area contributed by atoms with E-state index in [1.165, 1.54) is 18.2 Å². The highest BCUT2D eigenvalue weighted by Gasteiger charge is 2.06. The first-order chi connectivity index (χ1) is 9.12. The molecule has 0 bridgehead atoms. The minimum absolute atomic E-state index is 0.0155. The van der Waals surface area contributed by atoms with Crippen LogP contribution in [0.4, 0.5) is 4.39 Å². The first-order valence-corrected chi connectivity index (χ1v) is 6.72. The molecule has 0 saturated carbocycles. The zero-order chi connectivity index (χ0) is 13.8. The number of aryl methyl sites for hydroxylation is 1. The molecule has 2 aromatic rings. The molecule has 0 unspecified atom stereocenters. The molecule has 0 saturated heterocycles. The molecule has 1 heterocycles. The van der Waals surface area contributed by atoms with Gasteiger partial charge in [0.1, 0.15) is 11.6 Å². The van der Waals surface area contributed by atoms with Crippen LogP contribution in [-0.4, -0.2) is 4.98 Å². The van der Waals surface area contributed by atoms with Crippen LogP contribution in [0.2, 0.25) is 5.02 Å². The number of pyridine rings is 1. The van der Waals surface area contributed by atoms with Gasteiger partial charge in [-0.25, -0.2) is 9.37 Å². The van der Waals surface area contributed by atoms with E-state index >= 15 is 0 Å². The Morgan fingerprint density at radius 2 is 2.05 bits per heavy atom. The van der Waals surface area contributed by atoms with Crippen molar-refractivity contribution in [3.8, 4) is 11.6 Å². The SMILES string of the molecule is CCc1cc(CCl)cc(Oc2ccc(F)c(Cl)c2)n1. The van der Waals surface area contributed by atoms with E-state index in [0.29, 0.717) is 17.5 Å². The summed E-state index contributed by atoms with van der Waals surface area (Å²) in [6, 6.07) is 7.85. The Kier molecular flexibility index (Phi) is 4.61. The number of hydrogen-bond donors (Lipinski definition) is 0. The molecule has 0 N–H and O–H groups in total. The summed E-state index contributed by atoms with van der Waals surface area (Å²) in [5.74, 6) is 0.770. The Hall–Kier alpha value is -1.32. The van der Waals surface area contributed by atoms with E-state index in [1.807, 2.05) is 13.0 Å². The molecule has 1 aromatic heterocycles. The maximum absolute atomic E-state index is 13.1. The first kappa shape index (κ1) is 14.1. The lowest BCUT2D eigenvalue weighted by Gasteiger charge is -2.08. The average Bonchev–Trinajstić information content (AvgIpc) is 2.42. The molecule has 0 aliphatic carbocycles. The smallest absolute Gasteiger partial charge is 0.219 e. The fourth-order valence-corrected chi connectivity index (χ4v) is 1.92. The predicted molar refractivity (Wildman–Crippen MR) is 74.7 cm³/mol. The van der Waals surface area contributed by atoms with Gasteiger partial charge in [-0.3, -0.25) is 0 Å². The molecule has 100 valence electrons. The summed E-state index contributed by atoms with van der Waals surface area (Å²) >= 11 is 11.5. The van der Waals surface area contributed by atoms with Crippen molar-refractivity contribution < 1.29 is 9.13 Å². The van der Waals surface area contributed by atoms with Gasteiger partial charge in [0, 0.05) is 23.7 Å². The molecule has 0 amide bonds. The van der Waals surface area contributed by atoms with Crippen LogP contribution < -0.4 is 4.74 Å². The molecule has 0 aliphatic rings. The van der Waals surface area contributed by atoms with E-state index in [4.69, 9.17) is 27.9 Å². The number of benzene rings is 1. The van der Waals surface area contributed by atoms with Gasteiger partial charge < -0.3 is 4.74 Å². The number of halogens is 3. The van der Waals surface area contributed by atoms with Crippen molar-refractivity contribution in [1.82, 2.24) is 4.98 Å². The molecule has 0 fully saturated rings. The predicted octanol–water partition coefficient (Wildman–Crippen LogP) is 4.97. The van der Waals surface area contributed by atoms with Gasteiger partial charge in [0.15, 0.2) is 0 Å². The van der Waals surface area contributed by atoms with Crippen molar-refractivity contribution in [2.75, 3.05) is 0 Å². The quantitative estimate of drug-likeness (QED) is 0.744. The van der Waals surface area contributed by atoms with Crippen LogP contribution in [0, 0.1) is 5.82 Å². The molecular weight excluding hydrogens is 288 g/mol. The van der Waals surface area contributed by atoms with E-state index in [9.17, 15) is 4.39 Å². The number of rotatable bonds is 4. The fourth-order valence-electron chi connectivity index (χ4n) is 1.59. The van der Waals surface area contributed by atoms with Crippen molar-refractivity contribution in [2.45, 2.75) is 19.2 Å². The summed E-state index contributed by atoms with van der Waals surface area (Å²) in [6.07, 6.45) is 0.783. The first-order valence-electron chi connectivity index (χ1n) is 5.81. The van der Waals surface area contributed by atoms with E-state index < -0.39 is 5.82 Å². The lowest BCUT2D eigenvalue weighted by atomic mass is 10.2. The highest BCUT2D eigenvalue weighted by molar-refractivity contribution is 6.30. The Morgan fingerprint density at radius 3 is 2.68 bits per heavy atom. The molecule has 5 heteroatoms. The maximum atomic E-state index is 13.1. The Morgan fingerprint density at radius 1 is 1.26 bits per heavy atom. The third-order valence-electron chi connectivity index (χ3n) is 2.54. The van der Waals surface area contributed by atoms with Crippen LogP contribution in [-0.2, 0) is 12.3 Å². The Balaban J connectivity index is 2.29. The van der Waals surface area contributed by atoms with Gasteiger partial charge in [0.25, 0.3) is 0 Å². The number of alkyl halides is 1. The van der Waals surface area contributed by atoms with Gasteiger partial charge in [-0.15, -0.1) is 11.6 Å². The summed E-state index contributed by atoms with van der Waals surface area (Å²) in [6.45, 7) is 2.00. The Labute approximate surface area is 121 Å². The van der Waals surface area contributed by atoms with Gasteiger partial charge in [0.2, 0.25) is 5.88 Å². The van der Waals surface area contributed by atoms with E-state index in [2.05, 4.69) is 4.98 Å². The van der Waals surface area contributed by atoms with Gasteiger partial charge in [-0.2, -0.15) is 0 Å². The molecule has 19 heavy (non-hydrogen) atoms. The van der Waals surface area contributed by atoms with Crippen molar-refractivity contribution in [1.29, 1.82) is 0 Å². The minimum Gasteiger partial charge on any atom is -0.439 e. The zero-order valence-electron chi connectivity index (χ0n) is 10.3. The van der Waals surface area contributed by atoms with Crippen LogP contribution in [0.5, 0.6) is 11.6 Å². The van der Waals surface area contributed by atoms with Crippen LogP contribution in [0.25, 0.3) is 0 Å². The largest absolute Gasteiger partial charge is 0.439 e. The van der Waals surface area contributed by atoms with Crippen molar-refractivity contribution in [3.63, 3.8) is 0 Å². The number of aromatic nitrogens is 1. The zero-order valence-corrected chi connectivity index (χ0v) is 11.8. The lowest BCUT2D eigenvalue weighted by Crippen LogP contribution is -1.95. The van der Waals surface area contributed by atoms with Crippen molar-refractivity contribution >= 4 is 23.2 Å². The molecule has 0 radical (unpaired) electrons. The monoisotopic (exact) mass is 299 g/mol.